The van der Waals surface area contributed by atoms with E-state index in [-0.39, 0.29) is 11.8 Å². The number of piperidine rings is 1. The lowest BCUT2D eigenvalue weighted by Gasteiger charge is -2.30. The summed E-state index contributed by atoms with van der Waals surface area (Å²) in [5.41, 5.74) is 15.5. The third-order valence-electron chi connectivity index (χ3n) is 4.84. The normalized spacial score (nSPS) is 16.9. The standard InChI is InChI=1S/C19H23N9/c1-27-10-12(8-25-27)17-7-14(15(21)9-24-17)18(22)16-4-5-23-19(26-16)28-6-2-3-13(20)11-28/h4-5,7-10,13,22H,2-3,6,11,20-21H2,1H3. The van der Waals surface area contributed by atoms with E-state index in [1.807, 2.05) is 13.2 Å². The number of anilines is 2. The molecule has 0 radical (unpaired) electrons. The summed E-state index contributed by atoms with van der Waals surface area (Å²) in [4.78, 5) is 15.4. The van der Waals surface area contributed by atoms with Gasteiger partial charge in [0, 0.05) is 49.7 Å². The average molecular weight is 377 g/mol. The van der Waals surface area contributed by atoms with E-state index in [1.54, 1.807) is 35.4 Å². The highest BCUT2D eigenvalue weighted by atomic mass is 15.3. The van der Waals surface area contributed by atoms with Crippen molar-refractivity contribution >= 4 is 17.3 Å². The summed E-state index contributed by atoms with van der Waals surface area (Å²) in [6.45, 7) is 1.59. The number of nitrogens with zero attached hydrogens (tertiary/aromatic N) is 6. The van der Waals surface area contributed by atoms with Crippen LogP contribution < -0.4 is 16.4 Å². The molecule has 3 aromatic rings. The maximum Gasteiger partial charge on any atom is 0.225 e. The van der Waals surface area contributed by atoms with Gasteiger partial charge in [0.15, 0.2) is 0 Å². The predicted octanol–water partition coefficient (Wildman–Crippen LogP) is 1.20. The molecule has 0 amide bonds. The second kappa shape index (κ2) is 7.35. The van der Waals surface area contributed by atoms with E-state index in [4.69, 9.17) is 16.9 Å². The van der Waals surface area contributed by atoms with Crippen molar-refractivity contribution in [1.29, 1.82) is 5.41 Å². The van der Waals surface area contributed by atoms with Crippen molar-refractivity contribution in [2.24, 2.45) is 12.8 Å². The molecule has 0 aliphatic carbocycles. The molecule has 1 aliphatic heterocycles. The quantitative estimate of drug-likeness (QED) is 0.581. The van der Waals surface area contributed by atoms with Gasteiger partial charge >= 0.3 is 0 Å². The molecule has 0 aromatic carbocycles. The fourth-order valence-corrected chi connectivity index (χ4v) is 3.36. The van der Waals surface area contributed by atoms with E-state index in [0.29, 0.717) is 28.6 Å². The number of nitrogens with one attached hydrogen (secondary N) is 1. The van der Waals surface area contributed by atoms with Gasteiger partial charge in [0.05, 0.1) is 35.2 Å². The number of rotatable bonds is 4. The van der Waals surface area contributed by atoms with Crippen LogP contribution in [0.1, 0.15) is 24.1 Å². The SMILES string of the molecule is Cn1cc(-c2cc(C(=N)c3ccnc(N4CCCC(N)C4)n3)c(N)cn2)cn1. The lowest BCUT2D eigenvalue weighted by Crippen LogP contribution is -2.43. The van der Waals surface area contributed by atoms with Crippen molar-refractivity contribution in [3.05, 3.63) is 48.2 Å². The van der Waals surface area contributed by atoms with Crippen LogP contribution in [0.5, 0.6) is 0 Å². The first-order chi connectivity index (χ1) is 13.5. The van der Waals surface area contributed by atoms with Crippen LogP contribution in [0.4, 0.5) is 11.6 Å². The second-order valence-corrected chi connectivity index (χ2v) is 7.02. The number of hydrogen-bond donors (Lipinski definition) is 3. The van der Waals surface area contributed by atoms with Crippen LogP contribution in [0.25, 0.3) is 11.3 Å². The first-order valence-electron chi connectivity index (χ1n) is 9.18. The van der Waals surface area contributed by atoms with Crippen molar-refractivity contribution in [2.45, 2.75) is 18.9 Å². The molecule has 1 fully saturated rings. The highest BCUT2D eigenvalue weighted by Gasteiger charge is 2.20. The molecule has 4 heterocycles. The molecule has 4 rings (SSSR count). The molecule has 1 atom stereocenters. The molecule has 0 saturated carbocycles. The van der Waals surface area contributed by atoms with Gasteiger partial charge < -0.3 is 16.4 Å². The minimum atomic E-state index is 0.123. The van der Waals surface area contributed by atoms with Gasteiger partial charge in [-0.3, -0.25) is 15.1 Å². The number of aromatic nitrogens is 5. The summed E-state index contributed by atoms with van der Waals surface area (Å²) >= 11 is 0. The number of aryl methyl sites for hydroxylation is 1. The van der Waals surface area contributed by atoms with Gasteiger partial charge in [-0.05, 0) is 25.0 Å². The summed E-state index contributed by atoms with van der Waals surface area (Å²) in [5, 5.41) is 12.8. The molecule has 28 heavy (non-hydrogen) atoms. The van der Waals surface area contributed by atoms with Crippen molar-refractivity contribution in [2.75, 3.05) is 23.7 Å². The zero-order valence-electron chi connectivity index (χ0n) is 15.7. The molecular formula is C19H23N9. The highest BCUT2D eigenvalue weighted by Crippen LogP contribution is 2.23. The maximum atomic E-state index is 8.66. The smallest absolute Gasteiger partial charge is 0.225 e. The Hall–Kier alpha value is -3.33. The number of nitrogens with two attached hydrogens (primary N) is 2. The van der Waals surface area contributed by atoms with Crippen LogP contribution in [0, 0.1) is 5.41 Å². The lowest BCUT2D eigenvalue weighted by molar-refractivity contribution is 0.499. The van der Waals surface area contributed by atoms with Crippen LogP contribution >= 0.6 is 0 Å². The summed E-state index contributed by atoms with van der Waals surface area (Å²) in [6, 6.07) is 3.64. The molecular weight excluding hydrogens is 354 g/mol. The first-order valence-corrected chi connectivity index (χ1v) is 9.18. The van der Waals surface area contributed by atoms with Gasteiger partial charge in [0.2, 0.25) is 5.95 Å². The van der Waals surface area contributed by atoms with Crippen molar-refractivity contribution in [3.63, 3.8) is 0 Å². The van der Waals surface area contributed by atoms with E-state index in [2.05, 4.69) is 25.0 Å². The Morgan fingerprint density at radius 3 is 2.89 bits per heavy atom. The van der Waals surface area contributed by atoms with Crippen molar-refractivity contribution in [1.82, 2.24) is 24.7 Å². The Labute approximate surface area is 162 Å². The van der Waals surface area contributed by atoms with Crippen LogP contribution in [-0.2, 0) is 7.05 Å². The number of hydrogen-bond acceptors (Lipinski definition) is 8. The molecule has 144 valence electrons. The Morgan fingerprint density at radius 1 is 1.29 bits per heavy atom. The largest absolute Gasteiger partial charge is 0.397 e. The Kier molecular flexibility index (Phi) is 4.74. The summed E-state index contributed by atoms with van der Waals surface area (Å²) in [5.74, 6) is 0.595. The van der Waals surface area contributed by atoms with Crippen LogP contribution in [0.2, 0.25) is 0 Å². The summed E-state index contributed by atoms with van der Waals surface area (Å²) < 4.78 is 1.71. The van der Waals surface area contributed by atoms with E-state index in [1.165, 1.54) is 0 Å². The zero-order valence-corrected chi connectivity index (χ0v) is 15.7. The predicted molar refractivity (Wildman–Crippen MR) is 108 cm³/mol. The molecule has 1 saturated heterocycles. The van der Waals surface area contributed by atoms with Crippen molar-refractivity contribution < 1.29 is 0 Å². The van der Waals surface area contributed by atoms with E-state index >= 15 is 0 Å². The fourth-order valence-electron chi connectivity index (χ4n) is 3.36. The van der Waals surface area contributed by atoms with Gasteiger partial charge in [-0.2, -0.15) is 5.10 Å². The van der Waals surface area contributed by atoms with Gasteiger partial charge in [-0.25, -0.2) is 9.97 Å². The monoisotopic (exact) mass is 377 g/mol. The first kappa shape index (κ1) is 18.1. The molecule has 0 bridgehead atoms. The van der Waals surface area contributed by atoms with E-state index in [9.17, 15) is 0 Å². The van der Waals surface area contributed by atoms with Crippen molar-refractivity contribution in [3.8, 4) is 11.3 Å². The van der Waals surface area contributed by atoms with Gasteiger partial charge in [-0.1, -0.05) is 0 Å². The molecule has 0 spiro atoms. The molecule has 9 heteroatoms. The molecule has 3 aromatic heterocycles. The molecule has 1 unspecified atom stereocenters. The zero-order chi connectivity index (χ0) is 19.7. The Bertz CT molecular complexity index is 1010. The topological polar surface area (TPSA) is 136 Å². The maximum absolute atomic E-state index is 8.66. The van der Waals surface area contributed by atoms with E-state index < -0.39 is 0 Å². The Morgan fingerprint density at radius 2 is 2.14 bits per heavy atom. The molecule has 5 N–H and O–H groups in total. The Balaban J connectivity index is 1.65. The van der Waals surface area contributed by atoms with Gasteiger partial charge in [-0.15, -0.1) is 0 Å². The number of pyridine rings is 1. The fraction of sp³-hybridized carbons (Fsp3) is 0.316. The minimum Gasteiger partial charge on any atom is -0.397 e. The van der Waals surface area contributed by atoms with Crippen LogP contribution in [0.15, 0.2) is 36.9 Å². The second-order valence-electron chi connectivity index (χ2n) is 7.02. The van der Waals surface area contributed by atoms with Crippen LogP contribution in [0.3, 0.4) is 0 Å². The number of nitrogen functional groups attached to an aromatic ring is 1. The third-order valence-corrected chi connectivity index (χ3v) is 4.84. The molecule has 9 nitrogen and oxygen atoms in total. The minimum absolute atomic E-state index is 0.123. The highest BCUT2D eigenvalue weighted by molar-refractivity contribution is 6.13. The lowest BCUT2D eigenvalue weighted by atomic mass is 10.0. The summed E-state index contributed by atoms with van der Waals surface area (Å²) in [7, 11) is 1.85. The van der Waals surface area contributed by atoms with Gasteiger partial charge in [0.1, 0.15) is 0 Å². The third kappa shape index (κ3) is 3.56. The molecule has 1 aliphatic rings. The average Bonchev–Trinajstić information content (AvgIpc) is 3.14. The van der Waals surface area contributed by atoms with Gasteiger partial charge in [0.25, 0.3) is 0 Å². The summed E-state index contributed by atoms with van der Waals surface area (Å²) in [6.07, 6.45) is 8.86. The van der Waals surface area contributed by atoms with E-state index in [0.717, 1.165) is 31.5 Å². The van der Waals surface area contributed by atoms with Crippen LogP contribution in [-0.4, -0.2) is 49.6 Å².